The van der Waals surface area contributed by atoms with Crippen LogP contribution in [0, 0.1) is 34.6 Å². The van der Waals surface area contributed by atoms with Gasteiger partial charge in [-0.1, -0.05) is 6.07 Å². The lowest BCUT2D eigenvalue weighted by Crippen LogP contribution is -2.03. The number of ether oxygens (including phenoxy) is 1. The molecule has 0 saturated carbocycles. The second-order valence-electron chi connectivity index (χ2n) is 7.14. The second-order valence-corrected chi connectivity index (χ2v) is 7.92. The van der Waals surface area contributed by atoms with Crippen LogP contribution in [0.1, 0.15) is 11.1 Å². The molecule has 0 aliphatic carbocycles. The maximum atomic E-state index is 14.8. The van der Waals surface area contributed by atoms with Crippen LogP contribution in [0.25, 0.3) is 11.3 Å². The molecular weight excluding hydrogens is 496 g/mol. The molecule has 0 spiro atoms. The molecule has 2 aromatic heterocycles. The Hall–Kier alpha value is -4.37. The number of anilines is 2. The molecule has 182 valence electrons. The van der Waals surface area contributed by atoms with E-state index in [-0.39, 0.29) is 17.2 Å². The summed E-state index contributed by atoms with van der Waals surface area (Å²) in [5.41, 5.74) is 0.525. The van der Waals surface area contributed by atoms with Gasteiger partial charge in [0.2, 0.25) is 17.6 Å². The van der Waals surface area contributed by atoms with E-state index in [1.54, 1.807) is 25.2 Å². The maximum absolute atomic E-state index is 14.8. The zero-order chi connectivity index (χ0) is 25.7. The Kier molecular flexibility index (Phi) is 7.50. The molecule has 2 heterocycles. The number of rotatable bonds is 8. The van der Waals surface area contributed by atoms with Crippen molar-refractivity contribution >= 4 is 23.6 Å². The van der Waals surface area contributed by atoms with Gasteiger partial charge in [0.1, 0.15) is 11.5 Å². The summed E-state index contributed by atoms with van der Waals surface area (Å²) in [6.07, 6.45) is 2.87. The number of nitrogens with one attached hydrogen (secondary N) is 2. The fraction of sp³-hybridized carbons (Fsp3) is 0.0833. The summed E-state index contributed by atoms with van der Waals surface area (Å²) in [6, 6.07) is 10.9. The fourth-order valence-electron chi connectivity index (χ4n) is 3.11. The lowest BCUT2D eigenvalue weighted by atomic mass is 10.1. The predicted octanol–water partition coefficient (Wildman–Crippen LogP) is 6.06. The number of hydrogen-bond donors (Lipinski definition) is 2. The molecule has 36 heavy (non-hydrogen) atoms. The molecule has 0 fully saturated rings. The van der Waals surface area contributed by atoms with Crippen LogP contribution in [0.4, 0.5) is 29.2 Å². The van der Waals surface area contributed by atoms with Crippen LogP contribution in [-0.2, 0) is 5.75 Å². The van der Waals surface area contributed by atoms with E-state index in [2.05, 4.69) is 25.0 Å². The second kappa shape index (κ2) is 10.9. The SMILES string of the molecule is CNc1nccc(-c2cccnc2Oc2cc(F)c(NSCc3ccc(F)cc3C#N)c(F)c2F)n1. The molecule has 0 atom stereocenters. The van der Waals surface area contributed by atoms with Crippen molar-refractivity contribution in [3.05, 3.63) is 89.3 Å². The molecule has 7 nitrogen and oxygen atoms in total. The minimum Gasteiger partial charge on any atom is -0.435 e. The Labute approximate surface area is 207 Å². The van der Waals surface area contributed by atoms with E-state index < -0.39 is 34.7 Å². The first-order valence-electron chi connectivity index (χ1n) is 10.3. The molecule has 2 aromatic carbocycles. The molecular formula is C24H16F4N6OS. The molecule has 4 rings (SSSR count). The standard InChI is InChI=1S/C24H16F4N6OS/c1-30-24-32-8-6-18(33-24)16-3-2-7-31-23(16)35-19-10-17(26)22(21(28)20(19)27)34-36-12-13-4-5-15(25)9-14(13)11-29/h2-10,34H,12H2,1H3,(H,30,32,33). The zero-order valence-electron chi connectivity index (χ0n) is 18.5. The van der Waals surface area contributed by atoms with Crippen LogP contribution < -0.4 is 14.8 Å². The normalized spacial score (nSPS) is 10.6. The van der Waals surface area contributed by atoms with Gasteiger partial charge in [-0.05, 0) is 47.8 Å². The molecule has 0 bridgehead atoms. The van der Waals surface area contributed by atoms with E-state index in [1.807, 2.05) is 6.07 Å². The van der Waals surface area contributed by atoms with Crippen molar-refractivity contribution in [3.8, 4) is 29.0 Å². The Bertz CT molecular complexity index is 1460. The minimum absolute atomic E-state index is 0.0623. The van der Waals surface area contributed by atoms with Crippen LogP contribution in [0.15, 0.2) is 54.9 Å². The van der Waals surface area contributed by atoms with Gasteiger partial charge < -0.3 is 14.8 Å². The van der Waals surface area contributed by atoms with E-state index >= 15 is 0 Å². The smallest absolute Gasteiger partial charge is 0.228 e. The lowest BCUT2D eigenvalue weighted by Gasteiger charge is -2.14. The van der Waals surface area contributed by atoms with Gasteiger partial charge in [0, 0.05) is 31.3 Å². The van der Waals surface area contributed by atoms with Crippen molar-refractivity contribution < 1.29 is 22.3 Å². The molecule has 0 unspecified atom stereocenters. The highest BCUT2D eigenvalue weighted by Gasteiger charge is 2.22. The van der Waals surface area contributed by atoms with E-state index in [4.69, 9.17) is 10.00 Å². The van der Waals surface area contributed by atoms with Crippen molar-refractivity contribution in [2.45, 2.75) is 5.75 Å². The van der Waals surface area contributed by atoms with E-state index in [1.165, 1.54) is 18.5 Å². The molecule has 0 radical (unpaired) electrons. The first kappa shape index (κ1) is 24.7. The third-order valence-corrected chi connectivity index (χ3v) is 5.66. The highest BCUT2D eigenvalue weighted by atomic mass is 32.2. The van der Waals surface area contributed by atoms with Gasteiger partial charge in [-0.3, -0.25) is 0 Å². The largest absolute Gasteiger partial charge is 0.435 e. The lowest BCUT2D eigenvalue weighted by molar-refractivity contribution is 0.401. The van der Waals surface area contributed by atoms with Crippen molar-refractivity contribution in [2.24, 2.45) is 0 Å². The minimum atomic E-state index is -1.51. The van der Waals surface area contributed by atoms with Gasteiger partial charge >= 0.3 is 0 Å². The molecule has 0 saturated heterocycles. The summed E-state index contributed by atoms with van der Waals surface area (Å²) in [7, 11) is 1.64. The summed E-state index contributed by atoms with van der Waals surface area (Å²) >= 11 is 0.801. The van der Waals surface area contributed by atoms with Gasteiger partial charge in [0.25, 0.3) is 0 Å². The van der Waals surface area contributed by atoms with Crippen LogP contribution >= 0.6 is 11.9 Å². The van der Waals surface area contributed by atoms with Crippen molar-refractivity contribution in [2.75, 3.05) is 17.1 Å². The summed E-state index contributed by atoms with van der Waals surface area (Å²) in [4.78, 5) is 12.3. The number of aromatic nitrogens is 3. The molecule has 0 amide bonds. The zero-order valence-corrected chi connectivity index (χ0v) is 19.3. The van der Waals surface area contributed by atoms with Gasteiger partial charge in [0.15, 0.2) is 17.4 Å². The van der Waals surface area contributed by atoms with Gasteiger partial charge in [0.05, 0.1) is 22.9 Å². The molecule has 12 heteroatoms. The van der Waals surface area contributed by atoms with Crippen LogP contribution in [0.5, 0.6) is 11.6 Å². The maximum Gasteiger partial charge on any atom is 0.228 e. The molecule has 4 aromatic rings. The van der Waals surface area contributed by atoms with E-state index in [9.17, 15) is 17.6 Å². The quantitative estimate of drug-likeness (QED) is 0.167. The molecule has 0 aliphatic heterocycles. The number of hydrogen-bond acceptors (Lipinski definition) is 8. The van der Waals surface area contributed by atoms with E-state index in [0.29, 0.717) is 28.8 Å². The summed E-state index contributed by atoms with van der Waals surface area (Å²) in [5.74, 6) is -5.09. The number of pyridine rings is 1. The van der Waals surface area contributed by atoms with Gasteiger partial charge in [-0.2, -0.15) is 9.65 Å². The highest BCUT2D eigenvalue weighted by Crippen LogP contribution is 2.36. The Morgan fingerprint density at radius 2 is 1.86 bits per heavy atom. The van der Waals surface area contributed by atoms with Crippen LogP contribution in [0.2, 0.25) is 0 Å². The first-order chi connectivity index (χ1) is 17.4. The highest BCUT2D eigenvalue weighted by molar-refractivity contribution is 7.99. The summed E-state index contributed by atoms with van der Waals surface area (Å²) in [5, 5.41) is 11.9. The summed E-state index contributed by atoms with van der Waals surface area (Å²) < 4.78 is 65.4. The van der Waals surface area contributed by atoms with Crippen molar-refractivity contribution in [1.29, 1.82) is 5.26 Å². The Balaban J connectivity index is 1.56. The third-order valence-electron chi connectivity index (χ3n) is 4.85. The van der Waals surface area contributed by atoms with Crippen molar-refractivity contribution in [1.82, 2.24) is 15.0 Å². The average molecular weight is 512 g/mol. The van der Waals surface area contributed by atoms with Gasteiger partial charge in [-0.25, -0.2) is 28.1 Å². The number of nitriles is 1. The number of halogens is 4. The van der Waals surface area contributed by atoms with Crippen LogP contribution in [0.3, 0.4) is 0 Å². The first-order valence-corrected chi connectivity index (χ1v) is 11.3. The topological polar surface area (TPSA) is 95.8 Å². The van der Waals surface area contributed by atoms with Gasteiger partial charge in [-0.15, -0.1) is 0 Å². The molecule has 2 N–H and O–H groups in total. The van der Waals surface area contributed by atoms with E-state index in [0.717, 1.165) is 24.1 Å². The number of benzene rings is 2. The third kappa shape index (κ3) is 5.31. The Morgan fingerprint density at radius 1 is 1.03 bits per heavy atom. The molecule has 0 aliphatic rings. The predicted molar refractivity (Wildman–Crippen MR) is 127 cm³/mol. The monoisotopic (exact) mass is 512 g/mol. The summed E-state index contributed by atoms with van der Waals surface area (Å²) in [6.45, 7) is 0. The Morgan fingerprint density at radius 3 is 2.64 bits per heavy atom. The fourth-order valence-corrected chi connectivity index (χ4v) is 3.92. The number of nitrogens with zero attached hydrogens (tertiary/aromatic N) is 4. The van der Waals surface area contributed by atoms with Crippen LogP contribution in [-0.4, -0.2) is 22.0 Å². The average Bonchev–Trinajstić information content (AvgIpc) is 2.90. The van der Waals surface area contributed by atoms with Crippen molar-refractivity contribution in [3.63, 3.8) is 0 Å².